The molecule has 0 aliphatic heterocycles. The van der Waals surface area contributed by atoms with Gasteiger partial charge in [0.05, 0.1) is 17.5 Å². The Hall–Kier alpha value is -2.82. The van der Waals surface area contributed by atoms with Gasteiger partial charge in [-0.2, -0.15) is 0 Å². The van der Waals surface area contributed by atoms with Crippen LogP contribution in [0.2, 0.25) is 10.0 Å². The normalized spacial score (nSPS) is 11.1. The fourth-order valence-electron chi connectivity index (χ4n) is 3.95. The number of imidazole rings is 1. The molecule has 0 atom stereocenters. The minimum atomic E-state index is 0.00728. The van der Waals surface area contributed by atoms with Gasteiger partial charge in [0, 0.05) is 29.6 Å². The van der Waals surface area contributed by atoms with Crippen molar-refractivity contribution in [3.8, 4) is 0 Å². The fourth-order valence-corrected chi connectivity index (χ4v) is 4.28. The molecule has 0 radical (unpaired) electrons. The third kappa shape index (κ3) is 6.37. The molecule has 33 heavy (non-hydrogen) atoms. The summed E-state index contributed by atoms with van der Waals surface area (Å²) in [5, 5.41) is 4.38. The van der Waals surface area contributed by atoms with E-state index in [0.29, 0.717) is 18.0 Å². The number of hydrogen-bond donors (Lipinski definition) is 1. The summed E-state index contributed by atoms with van der Waals surface area (Å²) in [4.78, 5) is 17.0. The summed E-state index contributed by atoms with van der Waals surface area (Å²) in [7, 11) is 0. The van der Waals surface area contributed by atoms with Crippen LogP contribution in [0.4, 0.5) is 0 Å². The topological polar surface area (TPSA) is 46.9 Å². The molecule has 0 aliphatic rings. The molecule has 1 N–H and O–H groups in total. The van der Waals surface area contributed by atoms with Crippen LogP contribution in [0.1, 0.15) is 36.2 Å². The molecule has 0 spiro atoms. The molecule has 0 fully saturated rings. The van der Waals surface area contributed by atoms with Gasteiger partial charge in [-0.3, -0.25) is 4.79 Å². The lowest BCUT2D eigenvalue weighted by Crippen LogP contribution is -2.26. The van der Waals surface area contributed by atoms with Crippen LogP contribution in [0.15, 0.2) is 72.8 Å². The summed E-state index contributed by atoms with van der Waals surface area (Å²) in [6.07, 6.45) is 4.19. The van der Waals surface area contributed by atoms with Crippen molar-refractivity contribution in [2.45, 2.75) is 38.6 Å². The predicted molar refractivity (Wildman–Crippen MR) is 136 cm³/mol. The number of para-hydroxylation sites is 2. The van der Waals surface area contributed by atoms with Gasteiger partial charge in [-0.05, 0) is 54.3 Å². The lowest BCUT2D eigenvalue weighted by molar-refractivity contribution is -0.120. The zero-order valence-corrected chi connectivity index (χ0v) is 19.9. The van der Waals surface area contributed by atoms with E-state index in [0.717, 1.165) is 59.7 Å². The molecule has 1 amide bonds. The Morgan fingerprint density at radius 1 is 0.879 bits per heavy atom. The van der Waals surface area contributed by atoms with E-state index in [9.17, 15) is 4.79 Å². The van der Waals surface area contributed by atoms with Crippen molar-refractivity contribution in [3.05, 3.63) is 99.8 Å². The number of hydrogen-bond acceptors (Lipinski definition) is 2. The van der Waals surface area contributed by atoms with Crippen molar-refractivity contribution < 1.29 is 4.79 Å². The average molecular weight is 480 g/mol. The van der Waals surface area contributed by atoms with Gasteiger partial charge < -0.3 is 9.88 Å². The number of fused-ring (bicyclic) bond motifs is 1. The second kappa shape index (κ2) is 11.4. The van der Waals surface area contributed by atoms with E-state index in [1.54, 1.807) is 0 Å². The van der Waals surface area contributed by atoms with Crippen molar-refractivity contribution >= 4 is 40.1 Å². The monoisotopic (exact) mass is 479 g/mol. The van der Waals surface area contributed by atoms with Crippen LogP contribution in [0, 0.1) is 0 Å². The molecule has 4 aromatic rings. The van der Waals surface area contributed by atoms with Gasteiger partial charge in [-0.1, -0.05) is 72.1 Å². The molecule has 6 heteroatoms. The Morgan fingerprint density at radius 2 is 1.64 bits per heavy atom. The summed E-state index contributed by atoms with van der Waals surface area (Å²) in [6.45, 7) is 1.44. The molecular weight excluding hydrogens is 453 g/mol. The highest BCUT2D eigenvalue weighted by Crippen LogP contribution is 2.20. The molecule has 3 aromatic carbocycles. The first-order valence-electron chi connectivity index (χ1n) is 11.3. The summed E-state index contributed by atoms with van der Waals surface area (Å²) in [6, 6.07) is 23.7. The second-order valence-electron chi connectivity index (χ2n) is 8.16. The van der Waals surface area contributed by atoms with E-state index in [2.05, 4.69) is 40.2 Å². The Kier molecular flexibility index (Phi) is 8.03. The van der Waals surface area contributed by atoms with Gasteiger partial charge in [-0.25, -0.2) is 4.98 Å². The third-order valence-corrected chi connectivity index (χ3v) is 6.32. The average Bonchev–Trinajstić information content (AvgIpc) is 3.16. The molecule has 0 unspecified atom stereocenters. The van der Waals surface area contributed by atoms with Crippen LogP contribution in [-0.2, 0) is 24.2 Å². The molecular formula is C27H27Cl2N3O. The predicted octanol–water partition coefficient (Wildman–Crippen LogP) is 6.46. The van der Waals surface area contributed by atoms with Gasteiger partial charge >= 0.3 is 0 Å². The van der Waals surface area contributed by atoms with Crippen LogP contribution in [-0.4, -0.2) is 22.0 Å². The molecule has 0 saturated carbocycles. The van der Waals surface area contributed by atoms with Gasteiger partial charge in [-0.15, -0.1) is 0 Å². The third-order valence-electron chi connectivity index (χ3n) is 5.70. The zero-order chi connectivity index (χ0) is 23.0. The van der Waals surface area contributed by atoms with Crippen LogP contribution < -0.4 is 5.32 Å². The number of aryl methyl sites for hydroxylation is 1. The molecule has 4 rings (SSSR count). The van der Waals surface area contributed by atoms with Crippen LogP contribution >= 0.6 is 23.2 Å². The quantitative estimate of drug-likeness (QED) is 0.265. The molecule has 0 bridgehead atoms. The summed E-state index contributed by atoms with van der Waals surface area (Å²) in [5.41, 5.74) is 4.23. The number of carbonyl (C=O) groups is 1. The summed E-state index contributed by atoms with van der Waals surface area (Å²) < 4.78 is 2.30. The van der Waals surface area contributed by atoms with Crippen LogP contribution in [0.25, 0.3) is 11.0 Å². The van der Waals surface area contributed by atoms with Crippen molar-refractivity contribution in [2.24, 2.45) is 0 Å². The number of aromatic nitrogens is 2. The number of unbranched alkanes of at least 4 members (excludes halogenated alkanes) is 2. The first kappa shape index (κ1) is 23.3. The van der Waals surface area contributed by atoms with Gasteiger partial charge in [0.2, 0.25) is 5.91 Å². The Labute approximate surface area is 204 Å². The number of carbonyl (C=O) groups excluding carboxylic acids is 1. The zero-order valence-electron chi connectivity index (χ0n) is 18.4. The highest BCUT2D eigenvalue weighted by molar-refractivity contribution is 6.31. The number of halogens is 2. The van der Waals surface area contributed by atoms with E-state index in [4.69, 9.17) is 28.2 Å². The maximum atomic E-state index is 12.2. The number of nitrogens with one attached hydrogen (secondary N) is 1. The number of nitrogens with zero attached hydrogens (tertiary/aromatic N) is 2. The van der Waals surface area contributed by atoms with E-state index >= 15 is 0 Å². The first-order chi connectivity index (χ1) is 16.1. The molecule has 0 saturated heterocycles. The Bertz CT molecular complexity index is 1220. The van der Waals surface area contributed by atoms with Crippen molar-refractivity contribution in [3.63, 3.8) is 0 Å². The van der Waals surface area contributed by atoms with Gasteiger partial charge in [0.25, 0.3) is 0 Å². The van der Waals surface area contributed by atoms with Gasteiger partial charge in [0.1, 0.15) is 5.82 Å². The van der Waals surface area contributed by atoms with E-state index in [1.807, 2.05) is 42.5 Å². The van der Waals surface area contributed by atoms with Crippen molar-refractivity contribution in [1.29, 1.82) is 0 Å². The van der Waals surface area contributed by atoms with Crippen molar-refractivity contribution in [1.82, 2.24) is 14.9 Å². The number of amides is 1. The van der Waals surface area contributed by atoms with Crippen LogP contribution in [0.3, 0.4) is 0 Å². The standard InChI is InChI=1S/C27H27Cl2N3O/c28-22-15-13-20(14-16-22)19-32-25-11-6-5-10-24(25)31-26(32)12-2-1-7-17-30-27(33)18-21-8-3-4-9-23(21)29/h3-6,8-11,13-16H,1-2,7,12,17-19H2,(H,30,33). The van der Waals surface area contributed by atoms with Gasteiger partial charge in [0.15, 0.2) is 0 Å². The molecule has 1 aromatic heterocycles. The SMILES string of the molecule is O=C(Cc1ccccc1Cl)NCCCCCc1nc2ccccc2n1Cc1ccc(Cl)cc1. The van der Waals surface area contributed by atoms with E-state index in [1.165, 1.54) is 5.56 Å². The highest BCUT2D eigenvalue weighted by atomic mass is 35.5. The summed E-state index contributed by atoms with van der Waals surface area (Å²) >= 11 is 12.2. The minimum absolute atomic E-state index is 0.00728. The second-order valence-corrected chi connectivity index (χ2v) is 9.00. The van der Waals surface area contributed by atoms with Crippen LogP contribution in [0.5, 0.6) is 0 Å². The first-order valence-corrected chi connectivity index (χ1v) is 12.0. The fraction of sp³-hybridized carbons (Fsp3) is 0.259. The Morgan fingerprint density at radius 3 is 2.45 bits per heavy atom. The number of benzene rings is 3. The smallest absolute Gasteiger partial charge is 0.224 e. The summed E-state index contributed by atoms with van der Waals surface area (Å²) in [5.74, 6) is 1.10. The lowest BCUT2D eigenvalue weighted by atomic mass is 10.1. The maximum Gasteiger partial charge on any atom is 0.224 e. The lowest BCUT2D eigenvalue weighted by Gasteiger charge is -2.10. The molecule has 0 aliphatic carbocycles. The molecule has 1 heterocycles. The van der Waals surface area contributed by atoms with E-state index in [-0.39, 0.29) is 5.91 Å². The van der Waals surface area contributed by atoms with E-state index < -0.39 is 0 Å². The maximum absolute atomic E-state index is 12.2. The highest BCUT2D eigenvalue weighted by Gasteiger charge is 2.11. The number of rotatable bonds is 10. The molecule has 170 valence electrons. The Balaban J connectivity index is 1.28. The largest absolute Gasteiger partial charge is 0.356 e. The van der Waals surface area contributed by atoms with Crippen molar-refractivity contribution in [2.75, 3.05) is 6.54 Å². The molecule has 4 nitrogen and oxygen atoms in total. The minimum Gasteiger partial charge on any atom is -0.356 e.